The number of carbonyl (C=O) groups excluding carboxylic acids is 2. The minimum atomic E-state index is -0.380. The van der Waals surface area contributed by atoms with Crippen LogP contribution in [0.1, 0.15) is 18.9 Å². The first-order chi connectivity index (χ1) is 12.0. The van der Waals surface area contributed by atoms with Crippen LogP contribution in [0.3, 0.4) is 0 Å². The summed E-state index contributed by atoms with van der Waals surface area (Å²) in [6.07, 6.45) is 1.85. The third-order valence-electron chi connectivity index (χ3n) is 3.43. The van der Waals surface area contributed by atoms with E-state index in [1.165, 1.54) is 23.8 Å². The van der Waals surface area contributed by atoms with E-state index in [2.05, 4.69) is 4.74 Å². The van der Waals surface area contributed by atoms with E-state index in [4.69, 9.17) is 21.7 Å². The van der Waals surface area contributed by atoms with Gasteiger partial charge in [0.2, 0.25) is 0 Å². The molecule has 134 valence electrons. The molecule has 1 aliphatic heterocycles. The average Bonchev–Trinajstić information content (AvgIpc) is 2.87. The van der Waals surface area contributed by atoms with Crippen LogP contribution in [0.5, 0.6) is 11.5 Å². The van der Waals surface area contributed by atoms with Gasteiger partial charge in [-0.1, -0.05) is 30.0 Å². The Balaban J connectivity index is 2.17. The fourth-order valence-corrected chi connectivity index (χ4v) is 3.51. The van der Waals surface area contributed by atoms with Gasteiger partial charge < -0.3 is 14.2 Å². The predicted molar refractivity (Wildman–Crippen MR) is 101 cm³/mol. The highest BCUT2D eigenvalue weighted by Gasteiger charge is 2.32. The van der Waals surface area contributed by atoms with Crippen molar-refractivity contribution in [2.75, 3.05) is 27.4 Å². The Kier molecular flexibility index (Phi) is 6.83. The van der Waals surface area contributed by atoms with Crippen LogP contribution in [-0.4, -0.2) is 48.5 Å². The monoisotopic (exact) mass is 381 g/mol. The minimum Gasteiger partial charge on any atom is -0.493 e. The van der Waals surface area contributed by atoms with Gasteiger partial charge >= 0.3 is 5.97 Å². The van der Waals surface area contributed by atoms with Crippen molar-refractivity contribution in [2.45, 2.75) is 13.3 Å². The molecule has 2 rings (SSSR count). The van der Waals surface area contributed by atoms with Gasteiger partial charge in [-0.3, -0.25) is 14.5 Å². The number of thioether (sulfide) groups is 1. The predicted octanol–water partition coefficient (Wildman–Crippen LogP) is 2.86. The van der Waals surface area contributed by atoms with Crippen LogP contribution < -0.4 is 9.47 Å². The first-order valence-electron chi connectivity index (χ1n) is 7.63. The van der Waals surface area contributed by atoms with E-state index in [-0.39, 0.29) is 24.8 Å². The number of methoxy groups -OCH3 is 2. The summed E-state index contributed by atoms with van der Waals surface area (Å²) < 4.78 is 15.8. The summed E-state index contributed by atoms with van der Waals surface area (Å²) in [6, 6.07) is 5.44. The number of hydrogen-bond acceptors (Lipinski definition) is 7. The van der Waals surface area contributed by atoms with Crippen LogP contribution in [0.2, 0.25) is 0 Å². The summed E-state index contributed by atoms with van der Waals surface area (Å²) in [7, 11) is 2.87. The number of hydrogen-bond donors (Lipinski definition) is 0. The molecule has 0 atom stereocenters. The van der Waals surface area contributed by atoms with Crippen LogP contribution in [-0.2, 0) is 14.3 Å². The van der Waals surface area contributed by atoms with E-state index >= 15 is 0 Å². The van der Waals surface area contributed by atoms with Crippen molar-refractivity contribution in [3.8, 4) is 11.5 Å². The molecule has 0 saturated carbocycles. The molecule has 1 aliphatic rings. The maximum atomic E-state index is 12.5. The number of rotatable bonds is 7. The smallest absolute Gasteiger partial charge is 0.307 e. The first kappa shape index (κ1) is 19.3. The molecule has 1 aromatic rings. The van der Waals surface area contributed by atoms with E-state index in [9.17, 15) is 9.59 Å². The van der Waals surface area contributed by atoms with Crippen molar-refractivity contribution in [1.82, 2.24) is 4.90 Å². The fourth-order valence-electron chi connectivity index (χ4n) is 2.20. The topological polar surface area (TPSA) is 65.1 Å². The molecular weight excluding hydrogens is 362 g/mol. The molecule has 0 spiro atoms. The molecule has 6 nitrogen and oxygen atoms in total. The Labute approximate surface area is 156 Å². The van der Waals surface area contributed by atoms with Crippen molar-refractivity contribution < 1.29 is 23.8 Å². The van der Waals surface area contributed by atoms with Gasteiger partial charge in [-0.2, -0.15) is 0 Å². The van der Waals surface area contributed by atoms with Gasteiger partial charge in [-0.05, 0) is 30.7 Å². The maximum Gasteiger partial charge on any atom is 0.307 e. The van der Waals surface area contributed by atoms with E-state index < -0.39 is 0 Å². The standard InChI is InChI=1S/C17H19NO5S2/c1-4-23-12-6-5-11(9-13(12)21-2)10-14-16(20)18(17(24)25-14)8-7-15(19)22-3/h5-6,9-10H,4,7-8H2,1-3H3. The number of benzene rings is 1. The molecule has 0 unspecified atom stereocenters. The molecule has 0 radical (unpaired) electrons. The van der Waals surface area contributed by atoms with Crippen molar-refractivity contribution in [3.63, 3.8) is 0 Å². The third-order valence-corrected chi connectivity index (χ3v) is 4.80. The van der Waals surface area contributed by atoms with Gasteiger partial charge in [0.05, 0.1) is 32.2 Å². The van der Waals surface area contributed by atoms with E-state index in [0.717, 1.165) is 5.56 Å². The quantitative estimate of drug-likeness (QED) is 0.409. The first-order valence-corrected chi connectivity index (χ1v) is 8.85. The number of carbonyl (C=O) groups is 2. The molecule has 1 heterocycles. The zero-order valence-corrected chi connectivity index (χ0v) is 15.9. The summed E-state index contributed by atoms with van der Waals surface area (Å²) in [6.45, 7) is 2.64. The number of thiocarbonyl (C=S) groups is 1. The largest absolute Gasteiger partial charge is 0.493 e. The van der Waals surface area contributed by atoms with E-state index in [1.54, 1.807) is 25.3 Å². The molecule has 25 heavy (non-hydrogen) atoms. The van der Waals surface area contributed by atoms with Crippen molar-refractivity contribution >= 4 is 46.3 Å². The zero-order chi connectivity index (χ0) is 18.4. The van der Waals surface area contributed by atoms with Gasteiger partial charge in [0.1, 0.15) is 4.32 Å². The lowest BCUT2D eigenvalue weighted by Crippen LogP contribution is -2.30. The second-order valence-electron chi connectivity index (χ2n) is 5.00. The Morgan fingerprint density at radius 2 is 2.08 bits per heavy atom. The third kappa shape index (κ3) is 4.73. The molecule has 0 N–H and O–H groups in total. The van der Waals surface area contributed by atoms with Gasteiger partial charge in [0, 0.05) is 6.54 Å². The van der Waals surface area contributed by atoms with Crippen LogP contribution in [0, 0.1) is 0 Å². The molecule has 0 aromatic heterocycles. The fraction of sp³-hybridized carbons (Fsp3) is 0.353. The summed E-state index contributed by atoms with van der Waals surface area (Å²) in [4.78, 5) is 25.7. The molecule has 8 heteroatoms. The van der Waals surface area contributed by atoms with Gasteiger partial charge in [-0.15, -0.1) is 0 Å². The highest BCUT2D eigenvalue weighted by Crippen LogP contribution is 2.34. The zero-order valence-electron chi connectivity index (χ0n) is 14.2. The van der Waals surface area contributed by atoms with Crippen molar-refractivity contribution in [2.24, 2.45) is 0 Å². The minimum absolute atomic E-state index is 0.104. The molecular formula is C17H19NO5S2. The van der Waals surface area contributed by atoms with Crippen LogP contribution in [0.4, 0.5) is 0 Å². The Hall–Kier alpha value is -2.06. The lowest BCUT2D eigenvalue weighted by molar-refractivity contribution is -0.140. The van der Waals surface area contributed by atoms with Gasteiger partial charge in [0.25, 0.3) is 5.91 Å². The van der Waals surface area contributed by atoms with Crippen LogP contribution in [0.25, 0.3) is 6.08 Å². The van der Waals surface area contributed by atoms with Crippen molar-refractivity contribution in [1.29, 1.82) is 0 Å². The van der Waals surface area contributed by atoms with Gasteiger partial charge in [-0.25, -0.2) is 0 Å². The molecule has 1 amide bonds. The summed E-state index contributed by atoms with van der Waals surface area (Å²) in [5, 5.41) is 0. The Morgan fingerprint density at radius 3 is 2.72 bits per heavy atom. The van der Waals surface area contributed by atoms with Crippen LogP contribution in [0.15, 0.2) is 23.1 Å². The van der Waals surface area contributed by atoms with Crippen LogP contribution >= 0.6 is 24.0 Å². The number of nitrogens with zero attached hydrogens (tertiary/aromatic N) is 1. The lowest BCUT2D eigenvalue weighted by Gasteiger charge is -2.13. The Morgan fingerprint density at radius 1 is 1.32 bits per heavy atom. The normalized spacial score (nSPS) is 15.6. The van der Waals surface area contributed by atoms with E-state index in [0.29, 0.717) is 27.3 Å². The molecule has 0 bridgehead atoms. The summed E-state index contributed by atoms with van der Waals surface area (Å²) in [5.74, 6) is 0.644. The maximum absolute atomic E-state index is 12.5. The second-order valence-corrected chi connectivity index (χ2v) is 6.68. The van der Waals surface area contributed by atoms with E-state index in [1.807, 2.05) is 13.0 Å². The van der Waals surface area contributed by atoms with Gasteiger partial charge in [0.15, 0.2) is 11.5 Å². The Bertz CT molecular complexity index is 717. The second kappa shape index (κ2) is 8.87. The molecule has 0 aliphatic carbocycles. The number of esters is 1. The lowest BCUT2D eigenvalue weighted by atomic mass is 10.2. The molecule has 1 saturated heterocycles. The SMILES string of the molecule is CCOc1ccc(C=C2SC(=S)N(CCC(=O)OC)C2=O)cc1OC. The highest BCUT2D eigenvalue weighted by molar-refractivity contribution is 8.26. The number of amides is 1. The summed E-state index contributed by atoms with van der Waals surface area (Å²) >= 11 is 6.44. The molecule has 1 fully saturated rings. The summed E-state index contributed by atoms with van der Waals surface area (Å²) in [5.41, 5.74) is 0.800. The molecule has 1 aromatic carbocycles. The number of ether oxygens (including phenoxy) is 3. The van der Waals surface area contributed by atoms with Crippen molar-refractivity contribution in [3.05, 3.63) is 28.7 Å². The average molecular weight is 381 g/mol. The highest BCUT2D eigenvalue weighted by atomic mass is 32.2.